The second-order valence-corrected chi connectivity index (χ2v) is 7.74. The van der Waals surface area contributed by atoms with Crippen molar-refractivity contribution >= 4 is 10.8 Å². The zero-order valence-electron chi connectivity index (χ0n) is 14.3. The maximum atomic E-state index is 12.3. The first-order valence-corrected chi connectivity index (χ1v) is 9.27. The third kappa shape index (κ3) is 4.03. The molecule has 2 unspecified atom stereocenters. The van der Waals surface area contributed by atoms with Crippen LogP contribution in [0.2, 0.25) is 0 Å². The molecule has 1 heterocycles. The molecule has 0 fully saturated rings. The molecule has 2 atom stereocenters. The molecule has 128 valence electrons. The van der Waals surface area contributed by atoms with E-state index < -0.39 is 15.5 Å². The molecule has 0 saturated heterocycles. The molecule has 0 aliphatic heterocycles. The van der Waals surface area contributed by atoms with Gasteiger partial charge < -0.3 is 9.30 Å². The van der Waals surface area contributed by atoms with Crippen LogP contribution in [0.15, 0.2) is 60.0 Å². The Balaban J connectivity index is 2.19. The zero-order valence-corrected chi connectivity index (χ0v) is 15.1. The van der Waals surface area contributed by atoms with Gasteiger partial charge in [0.25, 0.3) is 5.56 Å². The molecule has 2 aromatic rings. The fourth-order valence-corrected chi connectivity index (χ4v) is 2.97. The lowest BCUT2D eigenvalue weighted by Gasteiger charge is -2.23. The largest absolute Gasteiger partial charge is 0.497 e. The summed E-state index contributed by atoms with van der Waals surface area (Å²) < 4.78 is 18.1. The van der Waals surface area contributed by atoms with Crippen LogP contribution in [0.3, 0.4) is 0 Å². The van der Waals surface area contributed by atoms with Crippen molar-refractivity contribution in [3.63, 3.8) is 0 Å². The summed E-state index contributed by atoms with van der Waals surface area (Å²) in [6, 6.07) is 11.1. The van der Waals surface area contributed by atoms with E-state index in [4.69, 9.17) is 4.74 Å². The van der Waals surface area contributed by atoms with Crippen molar-refractivity contribution in [2.24, 2.45) is 0 Å². The minimum atomic E-state index is -1.03. The van der Waals surface area contributed by atoms with E-state index in [0.717, 1.165) is 16.9 Å². The van der Waals surface area contributed by atoms with Crippen LogP contribution in [0.1, 0.15) is 13.3 Å². The quantitative estimate of drug-likeness (QED) is 0.724. The van der Waals surface area contributed by atoms with Crippen LogP contribution in [0, 0.1) is 0 Å². The third-order valence-electron chi connectivity index (χ3n) is 4.36. The second-order valence-electron chi connectivity index (χ2n) is 5.90. The van der Waals surface area contributed by atoms with E-state index in [2.05, 4.69) is 6.58 Å². The zero-order chi connectivity index (χ0) is 17.7. The molecule has 0 aliphatic carbocycles. The number of rotatable bonds is 7. The Hall–Kier alpha value is -2.14. The highest BCUT2D eigenvalue weighted by Gasteiger charge is 2.24. The van der Waals surface area contributed by atoms with Crippen LogP contribution < -0.4 is 10.3 Å². The van der Waals surface area contributed by atoms with Gasteiger partial charge in [0.2, 0.25) is 0 Å². The van der Waals surface area contributed by atoms with Crippen LogP contribution >= 0.6 is 0 Å². The molecule has 0 N–H and O–H groups in total. The van der Waals surface area contributed by atoms with Gasteiger partial charge in [-0.05, 0) is 42.7 Å². The molecule has 0 saturated carbocycles. The molecule has 2 rings (SSSR count). The Morgan fingerprint density at radius 1 is 1.25 bits per heavy atom. The standard InChI is InChI=1S/C19H23NO3S/c1-5-19(2,24(4)22)11-13-20-12-10-16(14-18(20)21)15-6-8-17(23-3)9-7-15/h5-10,12,14H,1,11,13H2,2-4H3. The van der Waals surface area contributed by atoms with Gasteiger partial charge in [0.15, 0.2) is 0 Å². The van der Waals surface area contributed by atoms with Crippen molar-refractivity contribution < 1.29 is 8.95 Å². The van der Waals surface area contributed by atoms with Gasteiger partial charge in [0.1, 0.15) is 5.75 Å². The average Bonchev–Trinajstić information content (AvgIpc) is 2.60. The van der Waals surface area contributed by atoms with Crippen LogP contribution in [0.4, 0.5) is 0 Å². The van der Waals surface area contributed by atoms with E-state index in [1.165, 1.54) is 0 Å². The first-order chi connectivity index (χ1) is 11.4. The maximum absolute atomic E-state index is 12.3. The monoisotopic (exact) mass is 345 g/mol. The number of pyridine rings is 1. The SMILES string of the molecule is C=CC(C)(CCn1ccc(-c2ccc(OC)cc2)cc1=O)S(C)=O. The molecule has 0 amide bonds. The topological polar surface area (TPSA) is 48.3 Å². The van der Waals surface area contributed by atoms with E-state index >= 15 is 0 Å². The van der Waals surface area contributed by atoms with Crippen LogP contribution in [0.5, 0.6) is 5.75 Å². The molecule has 24 heavy (non-hydrogen) atoms. The van der Waals surface area contributed by atoms with E-state index in [9.17, 15) is 9.00 Å². The Morgan fingerprint density at radius 2 is 1.92 bits per heavy atom. The minimum absolute atomic E-state index is 0.0726. The molecule has 0 radical (unpaired) electrons. The lowest BCUT2D eigenvalue weighted by molar-refractivity contribution is 0.415. The van der Waals surface area contributed by atoms with Crippen molar-refractivity contribution in [1.29, 1.82) is 0 Å². The summed E-state index contributed by atoms with van der Waals surface area (Å²) in [6.45, 7) is 6.17. The van der Waals surface area contributed by atoms with Gasteiger partial charge in [0, 0.05) is 35.9 Å². The van der Waals surface area contributed by atoms with Gasteiger partial charge in [0.05, 0.1) is 11.9 Å². The van der Waals surface area contributed by atoms with Crippen LogP contribution in [-0.2, 0) is 17.3 Å². The molecule has 0 bridgehead atoms. The Bertz CT molecular complexity index is 795. The maximum Gasteiger partial charge on any atom is 0.251 e. The molecule has 4 nitrogen and oxygen atoms in total. The number of aryl methyl sites for hydroxylation is 1. The Morgan fingerprint density at radius 3 is 2.42 bits per heavy atom. The third-order valence-corrected chi connectivity index (χ3v) is 6.04. The summed E-state index contributed by atoms with van der Waals surface area (Å²) in [5, 5.41) is 0. The number of nitrogens with zero attached hydrogens (tertiary/aromatic N) is 1. The average molecular weight is 345 g/mol. The van der Waals surface area contributed by atoms with Gasteiger partial charge in [-0.25, -0.2) is 0 Å². The number of aromatic nitrogens is 1. The van der Waals surface area contributed by atoms with E-state index in [1.54, 1.807) is 36.3 Å². The fourth-order valence-electron chi connectivity index (χ4n) is 2.36. The first-order valence-electron chi connectivity index (χ1n) is 7.71. The van der Waals surface area contributed by atoms with Gasteiger partial charge in [-0.1, -0.05) is 18.2 Å². The van der Waals surface area contributed by atoms with Gasteiger partial charge in [-0.2, -0.15) is 0 Å². The van der Waals surface area contributed by atoms with Crippen LogP contribution in [0.25, 0.3) is 11.1 Å². The smallest absolute Gasteiger partial charge is 0.251 e. The molecule has 0 spiro atoms. The lowest BCUT2D eigenvalue weighted by Crippen LogP contribution is -2.31. The minimum Gasteiger partial charge on any atom is -0.497 e. The summed E-state index contributed by atoms with van der Waals surface area (Å²) in [5.74, 6) is 0.781. The number of hydrogen-bond acceptors (Lipinski definition) is 3. The highest BCUT2D eigenvalue weighted by atomic mass is 32.2. The second kappa shape index (κ2) is 7.62. The number of hydrogen-bond donors (Lipinski definition) is 0. The molecule has 0 aliphatic rings. The normalized spacial score (nSPS) is 14.6. The number of benzene rings is 1. The lowest BCUT2D eigenvalue weighted by atomic mass is 10.1. The summed E-state index contributed by atoms with van der Waals surface area (Å²) in [7, 11) is 0.590. The highest BCUT2D eigenvalue weighted by Crippen LogP contribution is 2.22. The van der Waals surface area contributed by atoms with Gasteiger partial charge in [-0.3, -0.25) is 9.00 Å². The Kier molecular flexibility index (Phi) is 5.78. The van der Waals surface area contributed by atoms with E-state index in [0.29, 0.717) is 13.0 Å². The summed E-state index contributed by atoms with van der Waals surface area (Å²) in [4.78, 5) is 12.3. The summed E-state index contributed by atoms with van der Waals surface area (Å²) in [5.41, 5.74) is 1.76. The number of ether oxygens (including phenoxy) is 1. The fraction of sp³-hybridized carbons (Fsp3) is 0.316. The predicted octanol–water partition coefficient (Wildman–Crippen LogP) is 3.24. The molecule has 1 aromatic carbocycles. The van der Waals surface area contributed by atoms with Gasteiger partial charge in [-0.15, -0.1) is 6.58 Å². The van der Waals surface area contributed by atoms with Crippen molar-refractivity contribution in [1.82, 2.24) is 4.57 Å². The van der Waals surface area contributed by atoms with Crippen molar-refractivity contribution in [3.8, 4) is 16.9 Å². The Labute approximate surface area is 145 Å². The van der Waals surface area contributed by atoms with Crippen molar-refractivity contribution in [2.45, 2.75) is 24.6 Å². The predicted molar refractivity (Wildman–Crippen MR) is 100.0 cm³/mol. The van der Waals surface area contributed by atoms with E-state index in [-0.39, 0.29) is 5.56 Å². The molecule has 1 aromatic heterocycles. The van der Waals surface area contributed by atoms with Crippen LogP contribution in [-0.4, -0.2) is 26.9 Å². The molecular weight excluding hydrogens is 322 g/mol. The van der Waals surface area contributed by atoms with Gasteiger partial charge >= 0.3 is 0 Å². The number of methoxy groups -OCH3 is 1. The highest BCUT2D eigenvalue weighted by molar-refractivity contribution is 7.85. The molecule has 5 heteroatoms. The molecular formula is C19H23NO3S. The van der Waals surface area contributed by atoms with Crippen molar-refractivity contribution in [2.75, 3.05) is 13.4 Å². The summed E-state index contributed by atoms with van der Waals surface area (Å²) in [6.07, 6.45) is 5.75. The van der Waals surface area contributed by atoms with Crippen molar-refractivity contribution in [3.05, 3.63) is 65.6 Å². The summed E-state index contributed by atoms with van der Waals surface area (Å²) >= 11 is 0. The first kappa shape index (κ1) is 18.2. The van der Waals surface area contributed by atoms with E-state index in [1.807, 2.05) is 37.3 Å².